The van der Waals surface area contributed by atoms with E-state index in [9.17, 15) is 4.39 Å². The number of halogens is 1. The molecule has 4 rings (SSSR count). The Balaban J connectivity index is 1.65. The average molecular weight is 340 g/mol. The number of nitrogens with two attached hydrogens (primary N) is 1. The predicted molar refractivity (Wildman–Crippen MR) is 91.0 cm³/mol. The van der Waals surface area contributed by atoms with E-state index < -0.39 is 0 Å². The first-order valence-electron chi connectivity index (χ1n) is 7.36. The maximum Gasteiger partial charge on any atom is 0.303 e. The third kappa shape index (κ3) is 2.82. The van der Waals surface area contributed by atoms with Crippen molar-refractivity contribution in [2.45, 2.75) is 0 Å². The number of rotatable bonds is 4. The molecule has 0 saturated heterocycles. The molecule has 2 heterocycles. The highest BCUT2D eigenvalue weighted by atomic mass is 19.1. The van der Waals surface area contributed by atoms with Crippen LogP contribution < -0.4 is 16.5 Å². The van der Waals surface area contributed by atoms with Gasteiger partial charge in [0.2, 0.25) is 0 Å². The fourth-order valence-corrected chi connectivity index (χ4v) is 2.37. The standard InChI is InChI=1S/C16H13FN6O2/c1-19-23-14(18)8-2-4-12-10(6-8)20-15(24-12)22-16-21-11-7-9(17)3-5-13(11)25-16/h2-7,19H,1H3,(H2,18,23)(H,20,21,22). The number of amidine groups is 1. The van der Waals surface area contributed by atoms with Crippen LogP contribution in [0.1, 0.15) is 5.56 Å². The van der Waals surface area contributed by atoms with Gasteiger partial charge in [-0.3, -0.25) is 5.32 Å². The SMILES string of the molecule is CN/N=C(\N)c1ccc2oc(Nc3nc4cc(F)ccc4o3)nc2c1. The summed E-state index contributed by atoms with van der Waals surface area (Å²) in [6.07, 6.45) is 0. The molecule has 25 heavy (non-hydrogen) atoms. The number of nitrogens with one attached hydrogen (secondary N) is 2. The minimum absolute atomic E-state index is 0.156. The summed E-state index contributed by atoms with van der Waals surface area (Å²) in [5, 5.41) is 6.75. The summed E-state index contributed by atoms with van der Waals surface area (Å²) in [5.41, 5.74) is 11.2. The van der Waals surface area contributed by atoms with Crippen molar-refractivity contribution in [2.75, 3.05) is 12.4 Å². The van der Waals surface area contributed by atoms with Crippen molar-refractivity contribution in [1.82, 2.24) is 15.4 Å². The molecule has 0 atom stereocenters. The van der Waals surface area contributed by atoms with Gasteiger partial charge in [-0.2, -0.15) is 15.1 Å². The maximum atomic E-state index is 13.2. The van der Waals surface area contributed by atoms with E-state index in [1.54, 1.807) is 25.2 Å². The molecule has 2 aromatic carbocycles. The molecule has 126 valence electrons. The summed E-state index contributed by atoms with van der Waals surface area (Å²) >= 11 is 0. The van der Waals surface area contributed by atoms with Gasteiger partial charge >= 0.3 is 12.0 Å². The van der Waals surface area contributed by atoms with Crippen molar-refractivity contribution in [3.05, 3.63) is 47.8 Å². The Labute approximate surface area is 140 Å². The Morgan fingerprint density at radius 2 is 1.68 bits per heavy atom. The smallest absolute Gasteiger partial charge is 0.303 e. The van der Waals surface area contributed by atoms with Gasteiger partial charge in [0.05, 0.1) is 0 Å². The normalized spacial score (nSPS) is 12.0. The van der Waals surface area contributed by atoms with Crippen LogP contribution >= 0.6 is 0 Å². The van der Waals surface area contributed by atoms with Gasteiger partial charge in [-0.1, -0.05) is 0 Å². The Bertz CT molecular complexity index is 1100. The number of aromatic nitrogens is 2. The summed E-state index contributed by atoms with van der Waals surface area (Å²) in [4.78, 5) is 8.46. The molecule has 0 aliphatic rings. The van der Waals surface area contributed by atoms with E-state index in [1.165, 1.54) is 18.2 Å². The fourth-order valence-electron chi connectivity index (χ4n) is 2.37. The molecule has 0 unspecified atom stereocenters. The lowest BCUT2D eigenvalue weighted by atomic mass is 10.2. The molecule has 0 aliphatic carbocycles. The third-order valence-electron chi connectivity index (χ3n) is 3.48. The second-order valence-electron chi connectivity index (χ2n) is 5.18. The van der Waals surface area contributed by atoms with Crippen molar-refractivity contribution < 1.29 is 13.2 Å². The zero-order valence-corrected chi connectivity index (χ0v) is 13.1. The molecule has 0 spiro atoms. The largest absolute Gasteiger partial charge is 0.423 e. The molecule has 0 amide bonds. The number of anilines is 2. The van der Waals surface area contributed by atoms with Crippen molar-refractivity contribution in [1.29, 1.82) is 0 Å². The number of hydrazone groups is 1. The Morgan fingerprint density at radius 3 is 2.36 bits per heavy atom. The number of nitrogens with zero attached hydrogens (tertiary/aromatic N) is 3. The Morgan fingerprint density at radius 1 is 1.04 bits per heavy atom. The van der Waals surface area contributed by atoms with E-state index in [-0.39, 0.29) is 17.8 Å². The fraction of sp³-hybridized carbons (Fsp3) is 0.0625. The second kappa shape index (κ2) is 5.78. The van der Waals surface area contributed by atoms with Crippen molar-refractivity contribution >= 4 is 40.1 Å². The summed E-state index contributed by atoms with van der Waals surface area (Å²) in [6, 6.07) is 9.71. The zero-order chi connectivity index (χ0) is 17.4. The topological polar surface area (TPSA) is 114 Å². The molecule has 0 radical (unpaired) electrons. The first-order chi connectivity index (χ1) is 12.1. The zero-order valence-electron chi connectivity index (χ0n) is 13.1. The Hall–Kier alpha value is -3.62. The van der Waals surface area contributed by atoms with Crippen molar-refractivity contribution in [3.63, 3.8) is 0 Å². The number of benzene rings is 2. The van der Waals surface area contributed by atoms with Crippen LogP contribution in [0, 0.1) is 5.82 Å². The molecule has 8 nitrogen and oxygen atoms in total. The summed E-state index contributed by atoms with van der Waals surface area (Å²) in [5.74, 6) is -0.0505. The molecule has 0 bridgehead atoms. The molecular weight excluding hydrogens is 327 g/mol. The van der Waals surface area contributed by atoms with E-state index >= 15 is 0 Å². The van der Waals surface area contributed by atoms with Crippen molar-refractivity contribution in [2.24, 2.45) is 10.8 Å². The summed E-state index contributed by atoms with van der Waals surface area (Å²) in [6.45, 7) is 0. The van der Waals surface area contributed by atoms with Gasteiger partial charge in [0.15, 0.2) is 17.0 Å². The molecule has 2 aromatic heterocycles. The number of hydrogen-bond donors (Lipinski definition) is 3. The lowest BCUT2D eigenvalue weighted by Gasteiger charge is -1.98. The molecule has 9 heteroatoms. The van der Waals surface area contributed by atoms with E-state index in [1.807, 2.05) is 0 Å². The van der Waals surface area contributed by atoms with Crippen LogP contribution in [-0.2, 0) is 0 Å². The first kappa shape index (κ1) is 14.9. The van der Waals surface area contributed by atoms with Gasteiger partial charge in [0.1, 0.15) is 16.9 Å². The summed E-state index contributed by atoms with van der Waals surface area (Å²) in [7, 11) is 1.66. The van der Waals surface area contributed by atoms with Crippen LogP contribution in [0.2, 0.25) is 0 Å². The minimum atomic E-state index is -0.387. The number of hydrogen-bond acceptors (Lipinski definition) is 7. The van der Waals surface area contributed by atoms with Gasteiger partial charge < -0.3 is 20.0 Å². The van der Waals surface area contributed by atoms with Gasteiger partial charge in [0.25, 0.3) is 0 Å². The van der Waals surface area contributed by atoms with E-state index in [4.69, 9.17) is 14.6 Å². The third-order valence-corrected chi connectivity index (χ3v) is 3.48. The van der Waals surface area contributed by atoms with Gasteiger partial charge in [-0.05, 0) is 30.3 Å². The number of fused-ring (bicyclic) bond motifs is 2. The van der Waals surface area contributed by atoms with Crippen LogP contribution in [0.3, 0.4) is 0 Å². The van der Waals surface area contributed by atoms with E-state index in [0.717, 1.165) is 0 Å². The lowest BCUT2D eigenvalue weighted by Crippen LogP contribution is -2.16. The van der Waals surface area contributed by atoms with Gasteiger partial charge in [0, 0.05) is 18.7 Å². The highest BCUT2D eigenvalue weighted by molar-refractivity contribution is 5.99. The molecule has 0 aliphatic heterocycles. The van der Waals surface area contributed by atoms with Gasteiger partial charge in [-0.25, -0.2) is 4.39 Å². The van der Waals surface area contributed by atoms with E-state index in [2.05, 4.69) is 25.8 Å². The highest BCUT2D eigenvalue weighted by Crippen LogP contribution is 2.25. The monoisotopic (exact) mass is 340 g/mol. The highest BCUT2D eigenvalue weighted by Gasteiger charge is 2.12. The van der Waals surface area contributed by atoms with Crippen LogP contribution in [0.25, 0.3) is 22.2 Å². The second-order valence-corrected chi connectivity index (χ2v) is 5.18. The Kier molecular flexibility index (Phi) is 3.46. The first-order valence-corrected chi connectivity index (χ1v) is 7.36. The molecule has 4 aromatic rings. The quantitative estimate of drug-likeness (QED) is 0.297. The van der Waals surface area contributed by atoms with Crippen LogP contribution in [0.15, 0.2) is 50.3 Å². The predicted octanol–water partition coefficient (Wildman–Crippen LogP) is 2.69. The number of oxazole rings is 2. The maximum absolute atomic E-state index is 13.2. The van der Waals surface area contributed by atoms with E-state index in [0.29, 0.717) is 33.6 Å². The van der Waals surface area contributed by atoms with Crippen molar-refractivity contribution in [3.8, 4) is 0 Å². The minimum Gasteiger partial charge on any atom is -0.423 e. The average Bonchev–Trinajstić information content (AvgIpc) is 3.16. The molecule has 0 saturated carbocycles. The lowest BCUT2D eigenvalue weighted by molar-refractivity contribution is 0.590. The van der Waals surface area contributed by atoms with Crippen LogP contribution in [-0.4, -0.2) is 22.9 Å². The summed E-state index contributed by atoms with van der Waals surface area (Å²) < 4.78 is 24.3. The van der Waals surface area contributed by atoms with Crippen LogP contribution in [0.5, 0.6) is 0 Å². The van der Waals surface area contributed by atoms with Crippen LogP contribution in [0.4, 0.5) is 16.4 Å². The van der Waals surface area contributed by atoms with Gasteiger partial charge in [-0.15, -0.1) is 0 Å². The molecule has 4 N–H and O–H groups in total. The molecular formula is C16H13FN6O2. The molecule has 0 fully saturated rings.